The fourth-order valence-electron chi connectivity index (χ4n) is 2.23. The van der Waals surface area contributed by atoms with Gasteiger partial charge in [-0.25, -0.2) is 9.94 Å². The summed E-state index contributed by atoms with van der Waals surface area (Å²) in [5.41, 5.74) is 5.52. The van der Waals surface area contributed by atoms with E-state index in [1.54, 1.807) is 24.3 Å². The first-order valence-corrected chi connectivity index (χ1v) is 7.24. The van der Waals surface area contributed by atoms with Crippen LogP contribution in [0.5, 0.6) is 11.6 Å². The molecule has 0 atom stereocenters. The van der Waals surface area contributed by atoms with E-state index in [4.69, 9.17) is 11.0 Å². The lowest BCUT2D eigenvalue weighted by atomic mass is 10.1. The summed E-state index contributed by atoms with van der Waals surface area (Å²) in [5.74, 6) is -1.03. The van der Waals surface area contributed by atoms with Crippen LogP contribution in [0, 0.1) is 0 Å². The molecule has 0 aliphatic carbocycles. The highest BCUT2D eigenvalue weighted by atomic mass is 32.2. The lowest BCUT2D eigenvalue weighted by Crippen LogP contribution is -2.12. The Kier molecular flexibility index (Phi) is 4.27. The maximum Gasteiger partial charge on any atom is 0.269 e. The molecule has 24 heavy (non-hydrogen) atoms. The van der Waals surface area contributed by atoms with Crippen LogP contribution in [0.3, 0.4) is 0 Å². The molecule has 2 aromatic carbocycles. The van der Waals surface area contributed by atoms with Crippen LogP contribution in [-0.2, 0) is 9.37 Å². The van der Waals surface area contributed by atoms with Crippen molar-refractivity contribution in [2.75, 3.05) is 0 Å². The summed E-state index contributed by atoms with van der Waals surface area (Å²) in [7, 11) is 0. The van der Waals surface area contributed by atoms with Gasteiger partial charge in [0.1, 0.15) is 5.75 Å². The van der Waals surface area contributed by atoms with Gasteiger partial charge in [-0.1, -0.05) is 5.04 Å². The molecule has 10 heteroatoms. The number of phenolic OH excluding ortho intramolecular Hbond substituents is 1. The number of primary amides is 1. The summed E-state index contributed by atoms with van der Waals surface area (Å²) in [5, 5.41) is 36.7. The maximum absolute atomic E-state index is 11.2. The Morgan fingerprint density at radius 3 is 2.67 bits per heavy atom. The zero-order valence-electron chi connectivity index (χ0n) is 11.9. The van der Waals surface area contributed by atoms with Crippen LogP contribution in [0.15, 0.2) is 41.3 Å². The standard InChI is InChI=1S/C14H11N3O6S/c15-14(20)11-6-13(19)17(16-11)8-1-2-10-7(3-8)4-9(5-12(10)18)24-23-22-21/h1-6,18-19,21H,(H2,15,20). The summed E-state index contributed by atoms with van der Waals surface area (Å²) in [6, 6.07) is 9.13. The van der Waals surface area contributed by atoms with Crippen LogP contribution >= 0.6 is 12.0 Å². The molecule has 0 radical (unpaired) electrons. The lowest BCUT2D eigenvalue weighted by Gasteiger charge is -2.08. The van der Waals surface area contributed by atoms with Gasteiger partial charge in [-0.05, 0) is 35.7 Å². The Balaban J connectivity index is 2.08. The first-order valence-electron chi connectivity index (χ1n) is 6.50. The summed E-state index contributed by atoms with van der Waals surface area (Å²) in [6.07, 6.45) is 0. The minimum atomic E-state index is -0.762. The van der Waals surface area contributed by atoms with Gasteiger partial charge >= 0.3 is 0 Å². The van der Waals surface area contributed by atoms with E-state index in [9.17, 15) is 15.0 Å². The summed E-state index contributed by atoms with van der Waals surface area (Å²) in [4.78, 5) is 11.6. The van der Waals surface area contributed by atoms with Crippen LogP contribution < -0.4 is 5.73 Å². The number of carbonyl (C=O) groups excluding carboxylic acids is 1. The van der Waals surface area contributed by atoms with Gasteiger partial charge in [0.25, 0.3) is 5.91 Å². The number of hydrogen-bond acceptors (Lipinski definition) is 8. The molecule has 5 N–H and O–H groups in total. The predicted molar refractivity (Wildman–Crippen MR) is 83.6 cm³/mol. The van der Waals surface area contributed by atoms with E-state index in [0.29, 0.717) is 33.4 Å². The van der Waals surface area contributed by atoms with Gasteiger partial charge in [0, 0.05) is 16.3 Å². The molecule has 0 spiro atoms. The van der Waals surface area contributed by atoms with Gasteiger partial charge in [0.15, 0.2) is 5.69 Å². The molecule has 1 aromatic heterocycles. The Morgan fingerprint density at radius 1 is 1.21 bits per heavy atom. The number of aromatic nitrogens is 2. The van der Waals surface area contributed by atoms with E-state index < -0.39 is 5.91 Å². The second-order valence-corrected chi connectivity index (χ2v) is 5.51. The van der Waals surface area contributed by atoms with Crippen molar-refractivity contribution in [3.05, 3.63) is 42.1 Å². The molecule has 3 rings (SSSR count). The van der Waals surface area contributed by atoms with Crippen molar-refractivity contribution in [3.63, 3.8) is 0 Å². The SMILES string of the molecule is NC(=O)c1cc(O)n(-c2ccc3c(O)cc(SOOO)cc3c2)n1. The minimum Gasteiger partial charge on any atom is -0.507 e. The number of benzene rings is 2. The van der Waals surface area contributed by atoms with Crippen LogP contribution in [0.1, 0.15) is 10.5 Å². The van der Waals surface area contributed by atoms with Gasteiger partial charge in [0.05, 0.1) is 17.7 Å². The molecule has 0 fully saturated rings. The van der Waals surface area contributed by atoms with E-state index in [-0.39, 0.29) is 17.3 Å². The molecule has 0 aliphatic rings. The number of nitrogens with two attached hydrogens (primary N) is 1. The number of hydrogen-bond donors (Lipinski definition) is 4. The summed E-state index contributed by atoms with van der Waals surface area (Å²) >= 11 is 0.697. The smallest absolute Gasteiger partial charge is 0.269 e. The highest BCUT2D eigenvalue weighted by Crippen LogP contribution is 2.33. The largest absolute Gasteiger partial charge is 0.507 e. The third-order valence-corrected chi connectivity index (χ3v) is 3.79. The van der Waals surface area contributed by atoms with Crippen molar-refractivity contribution in [2.24, 2.45) is 5.73 Å². The van der Waals surface area contributed by atoms with Gasteiger partial charge in [-0.2, -0.15) is 5.10 Å². The number of carbonyl (C=O) groups is 1. The monoisotopic (exact) mass is 349 g/mol. The Hall–Kier alpha value is -2.79. The van der Waals surface area contributed by atoms with E-state index >= 15 is 0 Å². The molecule has 1 amide bonds. The average Bonchev–Trinajstić information content (AvgIpc) is 2.94. The second kappa shape index (κ2) is 6.37. The highest BCUT2D eigenvalue weighted by Gasteiger charge is 2.13. The quantitative estimate of drug-likeness (QED) is 0.311. The normalized spacial score (nSPS) is 11.0. The number of nitrogens with zero attached hydrogens (tertiary/aromatic N) is 2. The molecular weight excluding hydrogens is 338 g/mol. The number of phenols is 1. The van der Waals surface area contributed by atoms with Crippen molar-refractivity contribution in [1.29, 1.82) is 0 Å². The first kappa shape index (κ1) is 16.1. The molecule has 3 aromatic rings. The topological polar surface area (TPSA) is 140 Å². The molecule has 9 nitrogen and oxygen atoms in total. The minimum absolute atomic E-state index is 0.00870. The Labute approximate surface area is 138 Å². The fourth-order valence-corrected chi connectivity index (χ4v) is 2.67. The number of aromatic hydroxyl groups is 2. The molecule has 124 valence electrons. The third-order valence-electron chi connectivity index (χ3n) is 3.24. The van der Waals surface area contributed by atoms with Crippen LogP contribution in [0.25, 0.3) is 16.5 Å². The maximum atomic E-state index is 11.2. The summed E-state index contributed by atoms with van der Waals surface area (Å²) in [6.45, 7) is 0. The van der Waals surface area contributed by atoms with E-state index in [1.807, 2.05) is 0 Å². The Bertz CT molecular complexity index is 926. The van der Waals surface area contributed by atoms with Crippen molar-refractivity contribution in [1.82, 2.24) is 9.78 Å². The predicted octanol–water partition coefficient (Wildman–Crippen LogP) is 1.96. The van der Waals surface area contributed by atoms with Crippen LogP contribution in [0.4, 0.5) is 0 Å². The van der Waals surface area contributed by atoms with Crippen molar-refractivity contribution in [2.45, 2.75) is 4.90 Å². The Morgan fingerprint density at radius 2 is 2.00 bits per heavy atom. The van der Waals surface area contributed by atoms with Gasteiger partial charge in [-0.3, -0.25) is 4.79 Å². The summed E-state index contributed by atoms with van der Waals surface area (Å²) < 4.78 is 5.48. The number of fused-ring (bicyclic) bond motifs is 1. The van der Waals surface area contributed by atoms with Crippen molar-refractivity contribution < 1.29 is 29.6 Å². The molecular formula is C14H11N3O6S. The third kappa shape index (κ3) is 2.98. The number of rotatable bonds is 5. The molecule has 0 aliphatic heterocycles. The number of amides is 1. The van der Waals surface area contributed by atoms with E-state index in [1.165, 1.54) is 6.07 Å². The second-order valence-electron chi connectivity index (χ2n) is 4.74. The molecule has 0 bridgehead atoms. The zero-order valence-corrected chi connectivity index (χ0v) is 12.7. The van der Waals surface area contributed by atoms with Crippen LogP contribution in [0.2, 0.25) is 0 Å². The van der Waals surface area contributed by atoms with Crippen molar-refractivity contribution >= 4 is 28.7 Å². The molecule has 0 unspecified atom stereocenters. The molecule has 0 saturated carbocycles. The van der Waals surface area contributed by atoms with Crippen LogP contribution in [-0.4, -0.2) is 31.2 Å². The van der Waals surface area contributed by atoms with Crippen molar-refractivity contribution in [3.8, 4) is 17.3 Å². The van der Waals surface area contributed by atoms with Gasteiger partial charge in [0.2, 0.25) is 5.88 Å². The average molecular weight is 349 g/mol. The van der Waals surface area contributed by atoms with E-state index in [0.717, 1.165) is 10.7 Å². The van der Waals surface area contributed by atoms with Gasteiger partial charge < -0.3 is 15.9 Å². The highest BCUT2D eigenvalue weighted by molar-refractivity contribution is 7.94. The van der Waals surface area contributed by atoms with Gasteiger partial charge in [-0.15, -0.1) is 4.33 Å². The molecule has 1 heterocycles. The lowest BCUT2D eigenvalue weighted by molar-refractivity contribution is -0.432. The fraction of sp³-hybridized carbons (Fsp3) is 0. The zero-order chi connectivity index (χ0) is 17.3. The first-order chi connectivity index (χ1) is 11.5. The molecule has 0 saturated heterocycles. The van der Waals surface area contributed by atoms with E-state index in [2.05, 4.69) is 14.5 Å².